The van der Waals surface area contributed by atoms with Crippen molar-refractivity contribution in [2.75, 3.05) is 18.5 Å². The largest absolute Gasteiger partial charge is 0.395 e. The first-order chi connectivity index (χ1) is 10.1. The molecule has 1 aromatic carbocycles. The molecular formula is C15H20Cl2N2O2. The van der Waals surface area contributed by atoms with Gasteiger partial charge in [-0.05, 0) is 25.0 Å². The zero-order chi connectivity index (χ0) is 15.2. The molecule has 1 fully saturated rings. The molecule has 0 spiro atoms. The first-order valence-corrected chi connectivity index (χ1v) is 8.01. The van der Waals surface area contributed by atoms with Gasteiger partial charge < -0.3 is 15.3 Å². The van der Waals surface area contributed by atoms with E-state index in [4.69, 9.17) is 23.2 Å². The topological polar surface area (TPSA) is 52.6 Å². The predicted octanol–water partition coefficient (Wildman–Crippen LogP) is 4.15. The minimum Gasteiger partial charge on any atom is -0.395 e. The van der Waals surface area contributed by atoms with Crippen molar-refractivity contribution in [1.29, 1.82) is 0 Å². The molecule has 2 N–H and O–H groups in total. The third-order valence-electron chi connectivity index (χ3n) is 3.81. The second-order valence-corrected chi connectivity index (χ2v) is 6.03. The highest BCUT2D eigenvalue weighted by atomic mass is 35.5. The Labute approximate surface area is 135 Å². The molecule has 0 heterocycles. The highest BCUT2D eigenvalue weighted by molar-refractivity contribution is 6.43. The molecule has 0 aromatic heterocycles. The number of hydrogen-bond acceptors (Lipinski definition) is 2. The van der Waals surface area contributed by atoms with Crippen LogP contribution >= 0.6 is 23.2 Å². The molecule has 1 aliphatic carbocycles. The number of rotatable bonds is 4. The van der Waals surface area contributed by atoms with Crippen LogP contribution in [-0.2, 0) is 0 Å². The van der Waals surface area contributed by atoms with Crippen molar-refractivity contribution in [3.05, 3.63) is 28.2 Å². The van der Waals surface area contributed by atoms with Gasteiger partial charge in [0.15, 0.2) is 0 Å². The minimum absolute atomic E-state index is 0.0484. The normalized spacial score (nSPS) is 15.8. The fourth-order valence-electron chi connectivity index (χ4n) is 2.74. The first-order valence-electron chi connectivity index (χ1n) is 7.26. The van der Waals surface area contributed by atoms with Gasteiger partial charge in [0.25, 0.3) is 0 Å². The molecule has 1 saturated carbocycles. The second-order valence-electron chi connectivity index (χ2n) is 5.24. The van der Waals surface area contributed by atoms with Crippen molar-refractivity contribution in [2.24, 2.45) is 0 Å². The number of aliphatic hydroxyl groups excluding tert-OH is 1. The monoisotopic (exact) mass is 330 g/mol. The predicted molar refractivity (Wildman–Crippen MR) is 86.1 cm³/mol. The van der Waals surface area contributed by atoms with Gasteiger partial charge in [-0.3, -0.25) is 0 Å². The summed E-state index contributed by atoms with van der Waals surface area (Å²) < 4.78 is 0. The van der Waals surface area contributed by atoms with Crippen molar-refractivity contribution in [1.82, 2.24) is 4.90 Å². The van der Waals surface area contributed by atoms with Gasteiger partial charge in [0.2, 0.25) is 0 Å². The van der Waals surface area contributed by atoms with Crippen LogP contribution in [0.25, 0.3) is 0 Å². The van der Waals surface area contributed by atoms with Crippen LogP contribution in [0.5, 0.6) is 0 Å². The molecule has 1 aliphatic rings. The third kappa shape index (κ3) is 4.25. The summed E-state index contributed by atoms with van der Waals surface area (Å²) in [6.07, 6.45) is 5.42. The Morgan fingerprint density at radius 2 is 2.00 bits per heavy atom. The Balaban J connectivity index is 2.09. The number of halogens is 2. The maximum atomic E-state index is 12.5. The van der Waals surface area contributed by atoms with Crippen molar-refractivity contribution in [3.8, 4) is 0 Å². The van der Waals surface area contributed by atoms with Crippen molar-refractivity contribution in [2.45, 2.75) is 38.1 Å². The third-order valence-corrected chi connectivity index (χ3v) is 4.63. The summed E-state index contributed by atoms with van der Waals surface area (Å²) in [5.41, 5.74) is 0.493. The van der Waals surface area contributed by atoms with Crippen LogP contribution in [0.3, 0.4) is 0 Å². The number of benzene rings is 1. The van der Waals surface area contributed by atoms with Gasteiger partial charge in [-0.15, -0.1) is 0 Å². The minimum atomic E-state index is -0.236. The average molecular weight is 331 g/mol. The molecule has 116 valence electrons. The van der Waals surface area contributed by atoms with E-state index in [1.54, 1.807) is 23.1 Å². The van der Waals surface area contributed by atoms with Crippen LogP contribution in [0.4, 0.5) is 10.5 Å². The summed E-state index contributed by atoms with van der Waals surface area (Å²) in [5.74, 6) is 0. The number of carbonyl (C=O) groups excluding carboxylic acids is 1. The Bertz CT molecular complexity index is 491. The first kappa shape index (κ1) is 16.4. The van der Waals surface area contributed by atoms with E-state index in [1.165, 1.54) is 6.42 Å². The van der Waals surface area contributed by atoms with E-state index < -0.39 is 0 Å². The summed E-state index contributed by atoms with van der Waals surface area (Å²) in [6.45, 7) is 0.280. The zero-order valence-electron chi connectivity index (χ0n) is 11.8. The van der Waals surface area contributed by atoms with E-state index in [-0.39, 0.29) is 18.7 Å². The number of nitrogens with zero attached hydrogens (tertiary/aromatic N) is 1. The lowest BCUT2D eigenvalue weighted by Gasteiger charge is -2.34. The molecule has 0 unspecified atom stereocenters. The highest BCUT2D eigenvalue weighted by Crippen LogP contribution is 2.30. The van der Waals surface area contributed by atoms with Crippen molar-refractivity contribution < 1.29 is 9.90 Å². The number of aliphatic hydroxyl groups is 1. The number of amides is 2. The van der Waals surface area contributed by atoms with Crippen LogP contribution in [0.2, 0.25) is 10.0 Å². The lowest BCUT2D eigenvalue weighted by Crippen LogP contribution is -2.45. The summed E-state index contributed by atoms with van der Waals surface area (Å²) in [6, 6.07) is 5.07. The number of urea groups is 1. The summed E-state index contributed by atoms with van der Waals surface area (Å²) >= 11 is 12.0. The Hall–Kier alpha value is -0.970. The standard InChI is InChI=1S/C15H20Cl2N2O2/c16-12-7-4-8-13(14(12)17)18-15(21)19(9-10-20)11-5-2-1-3-6-11/h4,7-8,11,20H,1-3,5-6,9-10H2,(H,18,21). The van der Waals surface area contributed by atoms with Crippen LogP contribution in [0, 0.1) is 0 Å². The van der Waals surface area contributed by atoms with Crippen LogP contribution in [0.15, 0.2) is 18.2 Å². The average Bonchev–Trinajstić information content (AvgIpc) is 2.50. The lowest BCUT2D eigenvalue weighted by atomic mass is 9.94. The fraction of sp³-hybridized carbons (Fsp3) is 0.533. The molecular weight excluding hydrogens is 311 g/mol. The van der Waals surface area contributed by atoms with Crippen molar-refractivity contribution >= 4 is 34.9 Å². The number of carbonyl (C=O) groups is 1. The molecule has 0 saturated heterocycles. The van der Waals surface area contributed by atoms with Gasteiger partial charge in [-0.2, -0.15) is 0 Å². The molecule has 4 nitrogen and oxygen atoms in total. The highest BCUT2D eigenvalue weighted by Gasteiger charge is 2.25. The molecule has 2 rings (SSSR count). The molecule has 0 radical (unpaired) electrons. The smallest absolute Gasteiger partial charge is 0.322 e. The molecule has 1 aromatic rings. The van der Waals surface area contributed by atoms with Gasteiger partial charge in [-0.25, -0.2) is 4.79 Å². The molecule has 2 amide bonds. The van der Waals surface area contributed by atoms with E-state index >= 15 is 0 Å². The van der Waals surface area contributed by atoms with E-state index in [0.29, 0.717) is 22.3 Å². The number of nitrogens with one attached hydrogen (secondary N) is 1. The Morgan fingerprint density at radius 3 is 2.67 bits per heavy atom. The summed E-state index contributed by atoms with van der Waals surface area (Å²) in [5, 5.41) is 12.7. The summed E-state index contributed by atoms with van der Waals surface area (Å²) in [7, 11) is 0. The summed E-state index contributed by atoms with van der Waals surface area (Å²) in [4.78, 5) is 14.2. The van der Waals surface area contributed by atoms with Gasteiger partial charge in [0, 0.05) is 12.6 Å². The van der Waals surface area contributed by atoms with Crippen LogP contribution < -0.4 is 5.32 Å². The van der Waals surface area contributed by atoms with Gasteiger partial charge in [0.05, 0.1) is 22.3 Å². The van der Waals surface area contributed by atoms with Crippen LogP contribution in [-0.4, -0.2) is 35.2 Å². The molecule has 0 aliphatic heterocycles. The number of hydrogen-bond donors (Lipinski definition) is 2. The fourth-order valence-corrected chi connectivity index (χ4v) is 3.09. The Kier molecular flexibility index (Phi) is 6.15. The lowest BCUT2D eigenvalue weighted by molar-refractivity contribution is 0.144. The molecule has 21 heavy (non-hydrogen) atoms. The number of anilines is 1. The molecule has 0 bridgehead atoms. The zero-order valence-corrected chi connectivity index (χ0v) is 13.3. The Morgan fingerprint density at radius 1 is 1.29 bits per heavy atom. The van der Waals surface area contributed by atoms with E-state index in [9.17, 15) is 9.90 Å². The van der Waals surface area contributed by atoms with E-state index in [0.717, 1.165) is 25.7 Å². The molecule has 0 atom stereocenters. The van der Waals surface area contributed by atoms with E-state index in [2.05, 4.69) is 5.32 Å². The van der Waals surface area contributed by atoms with E-state index in [1.807, 2.05) is 0 Å². The maximum Gasteiger partial charge on any atom is 0.322 e. The molecule has 6 heteroatoms. The second kappa shape index (κ2) is 7.87. The van der Waals surface area contributed by atoms with Gasteiger partial charge in [-0.1, -0.05) is 48.5 Å². The van der Waals surface area contributed by atoms with Crippen molar-refractivity contribution in [3.63, 3.8) is 0 Å². The maximum absolute atomic E-state index is 12.5. The quantitative estimate of drug-likeness (QED) is 0.871. The SMILES string of the molecule is O=C(Nc1cccc(Cl)c1Cl)N(CCO)C1CCCCC1. The van der Waals surface area contributed by atoms with Gasteiger partial charge in [0.1, 0.15) is 0 Å². The van der Waals surface area contributed by atoms with Crippen LogP contribution in [0.1, 0.15) is 32.1 Å². The van der Waals surface area contributed by atoms with Gasteiger partial charge >= 0.3 is 6.03 Å².